The molecule has 1 aliphatic heterocycles. The zero-order valence-corrected chi connectivity index (χ0v) is 11.2. The number of aryl methyl sites for hydroxylation is 1. The second kappa shape index (κ2) is 5.16. The third-order valence-corrected chi connectivity index (χ3v) is 3.88. The van der Waals surface area contributed by atoms with Crippen LogP contribution in [0, 0.1) is 0 Å². The molecule has 3 rings (SSSR count). The molecule has 0 amide bonds. The number of rotatable bonds is 3. The van der Waals surface area contributed by atoms with Crippen LogP contribution in [0.3, 0.4) is 0 Å². The fraction of sp³-hybridized carbons (Fsp3) is 0.294. The predicted octanol–water partition coefficient (Wildman–Crippen LogP) is 3.33. The molecular weight excluding hydrogens is 234 g/mol. The Balaban J connectivity index is 1.97. The smallest absolute Gasteiger partial charge is 0.0725 e. The van der Waals surface area contributed by atoms with E-state index in [0.717, 1.165) is 13.0 Å². The highest BCUT2D eigenvalue weighted by atomic mass is 16.5. The molecule has 2 aromatic rings. The average molecular weight is 253 g/mol. The van der Waals surface area contributed by atoms with Crippen LogP contribution in [0.2, 0.25) is 0 Å². The van der Waals surface area contributed by atoms with Crippen LogP contribution in [0.4, 0.5) is 0 Å². The summed E-state index contributed by atoms with van der Waals surface area (Å²) in [5.74, 6) is 0. The zero-order valence-electron chi connectivity index (χ0n) is 11.2. The van der Waals surface area contributed by atoms with Gasteiger partial charge in [0.25, 0.3) is 0 Å². The summed E-state index contributed by atoms with van der Waals surface area (Å²) in [6, 6.07) is 14.8. The van der Waals surface area contributed by atoms with Crippen molar-refractivity contribution in [3.8, 4) is 0 Å². The number of fused-ring (bicyclic) bond motifs is 1. The molecule has 1 unspecified atom stereocenters. The highest BCUT2D eigenvalue weighted by molar-refractivity contribution is 5.41. The van der Waals surface area contributed by atoms with Crippen molar-refractivity contribution in [2.75, 3.05) is 0 Å². The second-order valence-electron chi connectivity index (χ2n) is 5.05. The Morgan fingerprint density at radius 2 is 1.89 bits per heavy atom. The van der Waals surface area contributed by atoms with E-state index in [4.69, 9.17) is 10.5 Å². The van der Waals surface area contributed by atoms with Crippen molar-refractivity contribution in [1.29, 1.82) is 0 Å². The summed E-state index contributed by atoms with van der Waals surface area (Å²) in [6.45, 7) is 3.61. The first-order valence-corrected chi connectivity index (χ1v) is 6.82. The molecule has 1 atom stereocenters. The van der Waals surface area contributed by atoms with Crippen LogP contribution in [-0.2, 0) is 24.4 Å². The first-order valence-electron chi connectivity index (χ1n) is 6.82. The lowest BCUT2D eigenvalue weighted by Gasteiger charge is -2.17. The average Bonchev–Trinajstić information content (AvgIpc) is 2.93. The summed E-state index contributed by atoms with van der Waals surface area (Å²) < 4.78 is 5.46. The molecule has 2 heteroatoms. The molecule has 0 spiro atoms. The van der Waals surface area contributed by atoms with Gasteiger partial charge in [-0.05, 0) is 34.2 Å². The topological polar surface area (TPSA) is 35.2 Å². The van der Waals surface area contributed by atoms with Crippen molar-refractivity contribution < 1.29 is 4.74 Å². The minimum Gasteiger partial charge on any atom is -0.372 e. The molecule has 19 heavy (non-hydrogen) atoms. The van der Waals surface area contributed by atoms with Crippen molar-refractivity contribution in [3.63, 3.8) is 0 Å². The Morgan fingerprint density at radius 3 is 2.74 bits per heavy atom. The van der Waals surface area contributed by atoms with Crippen molar-refractivity contribution in [1.82, 2.24) is 0 Å². The van der Waals surface area contributed by atoms with Crippen LogP contribution >= 0.6 is 0 Å². The normalized spacial score (nSPS) is 15.3. The van der Waals surface area contributed by atoms with Crippen molar-refractivity contribution >= 4 is 0 Å². The minimum atomic E-state index is -0.0537. The number of ether oxygens (including phenoxy) is 1. The van der Waals surface area contributed by atoms with Gasteiger partial charge in [-0.25, -0.2) is 0 Å². The van der Waals surface area contributed by atoms with Crippen LogP contribution in [0.15, 0.2) is 42.5 Å². The number of hydrogen-bond acceptors (Lipinski definition) is 2. The summed E-state index contributed by atoms with van der Waals surface area (Å²) in [4.78, 5) is 0. The monoisotopic (exact) mass is 253 g/mol. The fourth-order valence-corrected chi connectivity index (χ4v) is 2.72. The van der Waals surface area contributed by atoms with Gasteiger partial charge in [0.2, 0.25) is 0 Å². The third-order valence-electron chi connectivity index (χ3n) is 3.88. The van der Waals surface area contributed by atoms with Crippen molar-refractivity contribution in [2.45, 2.75) is 32.6 Å². The summed E-state index contributed by atoms with van der Waals surface area (Å²) in [5.41, 5.74) is 12.7. The largest absolute Gasteiger partial charge is 0.372 e. The third kappa shape index (κ3) is 2.29. The standard InChI is InChI=1S/C17H19NO/c1-2-12-5-3-4-6-16(12)17(18)13-7-8-14-10-19-11-15(14)9-13/h3-9,17H,2,10-11,18H2,1H3. The highest BCUT2D eigenvalue weighted by Crippen LogP contribution is 2.27. The molecule has 0 saturated carbocycles. The highest BCUT2D eigenvalue weighted by Gasteiger charge is 2.16. The van der Waals surface area contributed by atoms with Gasteiger partial charge in [0, 0.05) is 0 Å². The maximum atomic E-state index is 6.45. The zero-order chi connectivity index (χ0) is 13.2. The molecular formula is C17H19NO. The summed E-state index contributed by atoms with van der Waals surface area (Å²) >= 11 is 0. The fourth-order valence-electron chi connectivity index (χ4n) is 2.72. The lowest BCUT2D eigenvalue weighted by molar-refractivity contribution is 0.134. The Labute approximate surface area is 114 Å². The number of hydrogen-bond donors (Lipinski definition) is 1. The molecule has 1 aliphatic rings. The van der Waals surface area contributed by atoms with Gasteiger partial charge < -0.3 is 10.5 Å². The molecule has 0 bridgehead atoms. The Morgan fingerprint density at radius 1 is 1.11 bits per heavy atom. The molecule has 1 heterocycles. The minimum absolute atomic E-state index is 0.0537. The SMILES string of the molecule is CCc1ccccc1C(N)c1ccc2c(c1)COC2. The maximum Gasteiger partial charge on any atom is 0.0725 e. The van der Waals surface area contributed by atoms with E-state index in [9.17, 15) is 0 Å². The lowest BCUT2D eigenvalue weighted by Crippen LogP contribution is -2.14. The molecule has 0 radical (unpaired) electrons. The van der Waals surface area contributed by atoms with Gasteiger partial charge in [-0.15, -0.1) is 0 Å². The summed E-state index contributed by atoms with van der Waals surface area (Å²) in [7, 11) is 0. The molecule has 0 aliphatic carbocycles. The van der Waals surface area contributed by atoms with Gasteiger partial charge in [0.1, 0.15) is 0 Å². The van der Waals surface area contributed by atoms with Gasteiger partial charge in [0.05, 0.1) is 19.3 Å². The van der Waals surface area contributed by atoms with Crippen LogP contribution < -0.4 is 5.73 Å². The van der Waals surface area contributed by atoms with Gasteiger partial charge in [0.15, 0.2) is 0 Å². The van der Waals surface area contributed by atoms with Gasteiger partial charge in [-0.1, -0.05) is 49.4 Å². The summed E-state index contributed by atoms with van der Waals surface area (Å²) in [6.07, 6.45) is 1.01. The Kier molecular flexibility index (Phi) is 3.36. The van der Waals surface area contributed by atoms with E-state index >= 15 is 0 Å². The van der Waals surface area contributed by atoms with E-state index in [0.29, 0.717) is 6.61 Å². The lowest BCUT2D eigenvalue weighted by atomic mass is 9.92. The predicted molar refractivity (Wildman–Crippen MR) is 76.8 cm³/mol. The molecule has 0 aromatic heterocycles. The number of nitrogens with two attached hydrogens (primary N) is 1. The number of benzene rings is 2. The molecule has 2 aromatic carbocycles. The Hall–Kier alpha value is -1.64. The molecule has 2 nitrogen and oxygen atoms in total. The van der Waals surface area contributed by atoms with E-state index in [2.05, 4.69) is 49.4 Å². The first kappa shape index (κ1) is 12.4. The van der Waals surface area contributed by atoms with E-state index in [1.807, 2.05) is 0 Å². The Bertz CT molecular complexity index is 592. The molecule has 98 valence electrons. The van der Waals surface area contributed by atoms with Crippen LogP contribution in [0.25, 0.3) is 0 Å². The van der Waals surface area contributed by atoms with Crippen molar-refractivity contribution in [2.24, 2.45) is 5.73 Å². The van der Waals surface area contributed by atoms with E-state index < -0.39 is 0 Å². The molecule has 2 N–H and O–H groups in total. The molecule has 0 fully saturated rings. The van der Waals surface area contributed by atoms with Gasteiger partial charge in [-0.3, -0.25) is 0 Å². The summed E-state index contributed by atoms with van der Waals surface area (Å²) in [5, 5.41) is 0. The first-order chi connectivity index (χ1) is 9.29. The maximum absolute atomic E-state index is 6.45. The van der Waals surface area contributed by atoms with Crippen LogP contribution in [0.5, 0.6) is 0 Å². The quantitative estimate of drug-likeness (QED) is 0.910. The molecule has 0 saturated heterocycles. The van der Waals surface area contributed by atoms with Gasteiger partial charge in [-0.2, -0.15) is 0 Å². The van der Waals surface area contributed by atoms with Crippen LogP contribution in [-0.4, -0.2) is 0 Å². The van der Waals surface area contributed by atoms with Gasteiger partial charge >= 0.3 is 0 Å². The van der Waals surface area contributed by atoms with E-state index in [1.165, 1.54) is 27.8 Å². The van der Waals surface area contributed by atoms with E-state index in [1.54, 1.807) is 0 Å². The second-order valence-corrected chi connectivity index (χ2v) is 5.05. The van der Waals surface area contributed by atoms with E-state index in [-0.39, 0.29) is 6.04 Å². The van der Waals surface area contributed by atoms with Crippen molar-refractivity contribution in [3.05, 3.63) is 70.3 Å². The van der Waals surface area contributed by atoms with Crippen LogP contribution in [0.1, 0.15) is 40.8 Å².